The number of hydrogen-bond acceptors (Lipinski definition) is 2. The SMILES string of the molecule is C=NC1=CC=C(C#N)CC1. The van der Waals surface area contributed by atoms with Crippen molar-refractivity contribution in [3.8, 4) is 6.07 Å². The summed E-state index contributed by atoms with van der Waals surface area (Å²) in [6.07, 6.45) is 5.30. The molecule has 0 aliphatic heterocycles. The average Bonchev–Trinajstić information content (AvgIpc) is 2.05. The molecule has 0 N–H and O–H groups in total. The number of allylic oxidation sites excluding steroid dienone is 4. The van der Waals surface area contributed by atoms with Crippen LogP contribution in [0.25, 0.3) is 0 Å². The lowest BCUT2D eigenvalue weighted by Crippen LogP contribution is -1.88. The zero-order valence-corrected chi connectivity index (χ0v) is 5.67. The van der Waals surface area contributed by atoms with Crippen molar-refractivity contribution >= 4 is 6.72 Å². The van der Waals surface area contributed by atoms with Crippen molar-refractivity contribution < 1.29 is 0 Å². The predicted octanol–water partition coefficient (Wildman–Crippen LogP) is 1.81. The molecule has 1 aliphatic rings. The lowest BCUT2D eigenvalue weighted by molar-refractivity contribution is 0.919. The van der Waals surface area contributed by atoms with Crippen LogP contribution in [0.3, 0.4) is 0 Å². The Balaban J connectivity index is 2.76. The summed E-state index contributed by atoms with van der Waals surface area (Å²) in [5.74, 6) is 0. The molecule has 0 aromatic carbocycles. The highest BCUT2D eigenvalue weighted by Gasteiger charge is 2.02. The van der Waals surface area contributed by atoms with E-state index in [2.05, 4.69) is 17.8 Å². The molecule has 1 aliphatic carbocycles. The highest BCUT2D eigenvalue weighted by Crippen LogP contribution is 2.17. The summed E-state index contributed by atoms with van der Waals surface area (Å²) >= 11 is 0. The second-order valence-electron chi connectivity index (χ2n) is 2.12. The summed E-state index contributed by atoms with van der Waals surface area (Å²) in [5, 5.41) is 8.46. The monoisotopic (exact) mass is 132 g/mol. The number of aliphatic imine (C=N–C) groups is 1. The summed E-state index contributed by atoms with van der Waals surface area (Å²) in [6, 6.07) is 2.10. The van der Waals surface area contributed by atoms with Crippen LogP contribution < -0.4 is 0 Å². The second-order valence-corrected chi connectivity index (χ2v) is 2.12. The summed E-state index contributed by atoms with van der Waals surface area (Å²) in [6.45, 7) is 3.40. The molecular weight excluding hydrogens is 124 g/mol. The van der Waals surface area contributed by atoms with E-state index in [4.69, 9.17) is 5.26 Å². The molecule has 0 heterocycles. The third kappa shape index (κ3) is 1.32. The van der Waals surface area contributed by atoms with Crippen molar-refractivity contribution in [3.63, 3.8) is 0 Å². The highest BCUT2D eigenvalue weighted by molar-refractivity contribution is 5.36. The van der Waals surface area contributed by atoms with Crippen molar-refractivity contribution in [2.45, 2.75) is 12.8 Å². The molecule has 2 nitrogen and oxygen atoms in total. The van der Waals surface area contributed by atoms with E-state index in [1.54, 1.807) is 6.08 Å². The zero-order valence-electron chi connectivity index (χ0n) is 5.67. The Hall–Kier alpha value is -1.36. The van der Waals surface area contributed by atoms with Crippen molar-refractivity contribution in [2.24, 2.45) is 4.99 Å². The molecule has 50 valence electrons. The van der Waals surface area contributed by atoms with E-state index in [9.17, 15) is 0 Å². The lowest BCUT2D eigenvalue weighted by atomic mass is 10.0. The van der Waals surface area contributed by atoms with Gasteiger partial charge in [0.15, 0.2) is 0 Å². The minimum Gasteiger partial charge on any atom is -0.269 e. The number of hydrogen-bond donors (Lipinski definition) is 0. The first-order valence-electron chi connectivity index (χ1n) is 3.13. The van der Waals surface area contributed by atoms with Gasteiger partial charge in [0.2, 0.25) is 0 Å². The topological polar surface area (TPSA) is 36.1 Å². The van der Waals surface area contributed by atoms with E-state index in [1.165, 1.54) is 0 Å². The number of nitrogens with zero attached hydrogens (tertiary/aromatic N) is 2. The Labute approximate surface area is 60.2 Å². The molecule has 0 fully saturated rings. The Kier molecular flexibility index (Phi) is 2.01. The third-order valence-corrected chi connectivity index (χ3v) is 1.47. The van der Waals surface area contributed by atoms with E-state index in [0.717, 1.165) is 24.1 Å². The van der Waals surface area contributed by atoms with Crippen LogP contribution in [0.4, 0.5) is 0 Å². The summed E-state index contributed by atoms with van der Waals surface area (Å²) in [4.78, 5) is 3.77. The van der Waals surface area contributed by atoms with Gasteiger partial charge in [-0.1, -0.05) is 0 Å². The van der Waals surface area contributed by atoms with Crippen molar-refractivity contribution in [1.29, 1.82) is 5.26 Å². The maximum Gasteiger partial charge on any atom is 0.0947 e. The average molecular weight is 132 g/mol. The van der Waals surface area contributed by atoms with Crippen LogP contribution in [0, 0.1) is 11.3 Å². The van der Waals surface area contributed by atoms with Gasteiger partial charge in [-0.25, -0.2) is 0 Å². The van der Waals surface area contributed by atoms with Gasteiger partial charge in [0.05, 0.1) is 6.07 Å². The van der Waals surface area contributed by atoms with Crippen molar-refractivity contribution in [2.75, 3.05) is 0 Å². The molecule has 1 rings (SSSR count). The van der Waals surface area contributed by atoms with E-state index in [1.807, 2.05) is 6.08 Å². The minimum atomic E-state index is 0.807. The molecule has 0 saturated carbocycles. The highest BCUT2D eigenvalue weighted by atomic mass is 14.7. The van der Waals surface area contributed by atoms with E-state index >= 15 is 0 Å². The van der Waals surface area contributed by atoms with Gasteiger partial charge in [0.1, 0.15) is 0 Å². The first-order valence-corrected chi connectivity index (χ1v) is 3.13. The normalized spacial score (nSPS) is 16.7. The first kappa shape index (κ1) is 6.76. The molecule has 10 heavy (non-hydrogen) atoms. The quantitative estimate of drug-likeness (QED) is 0.501. The van der Waals surface area contributed by atoms with Crippen molar-refractivity contribution in [3.05, 3.63) is 23.4 Å². The Bertz CT molecular complexity index is 240. The largest absolute Gasteiger partial charge is 0.269 e. The maximum absolute atomic E-state index is 8.46. The Morgan fingerprint density at radius 2 is 2.30 bits per heavy atom. The van der Waals surface area contributed by atoms with Gasteiger partial charge < -0.3 is 0 Å². The van der Waals surface area contributed by atoms with Crippen LogP contribution >= 0.6 is 0 Å². The van der Waals surface area contributed by atoms with E-state index in [0.29, 0.717) is 0 Å². The van der Waals surface area contributed by atoms with Crippen LogP contribution in [-0.2, 0) is 0 Å². The summed E-state index contributed by atoms with van der Waals surface area (Å²) < 4.78 is 0. The molecule has 0 radical (unpaired) electrons. The van der Waals surface area contributed by atoms with E-state index in [-0.39, 0.29) is 0 Å². The standard InChI is InChI=1S/C8H8N2/c1-10-8-4-2-7(6-9)3-5-8/h2,4H,1,3,5H2. The number of nitriles is 1. The van der Waals surface area contributed by atoms with Gasteiger partial charge in [-0.05, 0) is 31.7 Å². The molecule has 0 amide bonds. The third-order valence-electron chi connectivity index (χ3n) is 1.47. The van der Waals surface area contributed by atoms with Gasteiger partial charge in [0.25, 0.3) is 0 Å². The molecule has 0 aromatic heterocycles. The second kappa shape index (κ2) is 2.98. The molecule has 0 atom stereocenters. The Morgan fingerprint density at radius 1 is 1.50 bits per heavy atom. The van der Waals surface area contributed by atoms with Gasteiger partial charge in [-0.3, -0.25) is 4.99 Å². The Morgan fingerprint density at radius 3 is 2.70 bits per heavy atom. The molecular formula is C8H8N2. The summed E-state index contributed by atoms with van der Waals surface area (Å²) in [7, 11) is 0. The fraction of sp³-hybridized carbons (Fsp3) is 0.250. The zero-order chi connectivity index (χ0) is 7.40. The first-order chi connectivity index (χ1) is 4.86. The molecule has 0 saturated heterocycles. The predicted molar refractivity (Wildman–Crippen MR) is 40.6 cm³/mol. The fourth-order valence-electron chi connectivity index (χ4n) is 0.851. The lowest BCUT2D eigenvalue weighted by Gasteiger charge is -2.03. The fourth-order valence-corrected chi connectivity index (χ4v) is 0.851. The molecule has 2 heteroatoms. The molecule has 0 unspecified atom stereocenters. The van der Waals surface area contributed by atoms with Crippen LogP contribution in [0.5, 0.6) is 0 Å². The maximum atomic E-state index is 8.46. The van der Waals surface area contributed by atoms with Gasteiger partial charge in [-0.2, -0.15) is 5.26 Å². The van der Waals surface area contributed by atoms with E-state index < -0.39 is 0 Å². The minimum absolute atomic E-state index is 0.807. The van der Waals surface area contributed by atoms with Crippen LogP contribution in [0.1, 0.15) is 12.8 Å². The molecule has 0 spiro atoms. The van der Waals surface area contributed by atoms with Gasteiger partial charge in [-0.15, -0.1) is 0 Å². The van der Waals surface area contributed by atoms with Crippen LogP contribution in [-0.4, -0.2) is 6.72 Å². The smallest absolute Gasteiger partial charge is 0.0947 e. The van der Waals surface area contributed by atoms with Gasteiger partial charge >= 0.3 is 0 Å². The van der Waals surface area contributed by atoms with Crippen LogP contribution in [0.2, 0.25) is 0 Å². The van der Waals surface area contributed by atoms with Crippen molar-refractivity contribution in [1.82, 2.24) is 0 Å². The van der Waals surface area contributed by atoms with Crippen LogP contribution in [0.15, 0.2) is 28.4 Å². The van der Waals surface area contributed by atoms with Gasteiger partial charge in [0, 0.05) is 11.3 Å². The number of rotatable bonds is 1. The molecule has 0 aromatic rings. The summed E-state index contributed by atoms with van der Waals surface area (Å²) in [5.41, 5.74) is 1.80. The molecule has 0 bridgehead atoms.